The van der Waals surface area contributed by atoms with Crippen LogP contribution in [-0.4, -0.2) is 28.2 Å². The molecule has 4 rings (SSSR count). The summed E-state index contributed by atoms with van der Waals surface area (Å²) < 4.78 is 11.3. The van der Waals surface area contributed by atoms with Gasteiger partial charge in [-0.05, 0) is 25.3 Å². The molecule has 2 saturated heterocycles. The lowest BCUT2D eigenvalue weighted by molar-refractivity contribution is -0.384. The van der Waals surface area contributed by atoms with Crippen molar-refractivity contribution in [1.29, 1.82) is 0 Å². The molecule has 1 aromatic heterocycles. The van der Waals surface area contributed by atoms with E-state index in [0.717, 1.165) is 19.3 Å². The van der Waals surface area contributed by atoms with Crippen molar-refractivity contribution in [2.24, 2.45) is 0 Å². The maximum atomic E-state index is 10.7. The second-order valence-corrected chi connectivity index (χ2v) is 5.29. The van der Waals surface area contributed by atoms with Gasteiger partial charge in [-0.15, -0.1) is 0 Å². The first-order valence-corrected chi connectivity index (χ1v) is 6.66. The first-order valence-electron chi connectivity index (χ1n) is 6.66. The molecule has 1 N–H and O–H groups in total. The molecule has 0 spiro atoms. The van der Waals surface area contributed by atoms with Gasteiger partial charge in [-0.25, -0.2) is 0 Å². The number of rotatable bonds is 3. The van der Waals surface area contributed by atoms with Gasteiger partial charge >= 0.3 is 0 Å². The minimum absolute atomic E-state index is 0.0145. The van der Waals surface area contributed by atoms with Crippen molar-refractivity contribution in [2.75, 3.05) is 5.32 Å². The van der Waals surface area contributed by atoms with E-state index in [-0.39, 0.29) is 17.8 Å². The molecular formula is C13H13N3O4. The maximum absolute atomic E-state index is 10.7. The third-order valence-corrected chi connectivity index (χ3v) is 4.00. The Morgan fingerprint density at radius 1 is 1.40 bits per heavy atom. The Kier molecular flexibility index (Phi) is 2.43. The van der Waals surface area contributed by atoms with E-state index in [2.05, 4.69) is 10.3 Å². The van der Waals surface area contributed by atoms with Crippen LogP contribution in [0.1, 0.15) is 19.3 Å². The van der Waals surface area contributed by atoms with E-state index in [9.17, 15) is 10.1 Å². The van der Waals surface area contributed by atoms with Crippen LogP contribution in [0.25, 0.3) is 11.1 Å². The number of fused-ring (bicyclic) bond motifs is 3. The van der Waals surface area contributed by atoms with Gasteiger partial charge in [0.2, 0.25) is 0 Å². The molecule has 1 aromatic carbocycles. The molecule has 104 valence electrons. The number of nitro benzene ring substituents is 1. The predicted octanol–water partition coefficient (Wildman–Crippen LogP) is 2.47. The number of nitro groups is 1. The number of aromatic nitrogens is 1. The highest BCUT2D eigenvalue weighted by Gasteiger charge is 2.41. The van der Waals surface area contributed by atoms with Crippen LogP contribution >= 0.6 is 0 Å². The van der Waals surface area contributed by atoms with E-state index in [1.807, 2.05) is 0 Å². The molecule has 20 heavy (non-hydrogen) atoms. The van der Waals surface area contributed by atoms with Crippen molar-refractivity contribution < 1.29 is 14.1 Å². The summed E-state index contributed by atoms with van der Waals surface area (Å²) >= 11 is 0. The number of benzene rings is 1. The van der Waals surface area contributed by atoms with E-state index in [1.165, 1.54) is 12.1 Å². The van der Waals surface area contributed by atoms with Gasteiger partial charge in [0.15, 0.2) is 5.58 Å². The Balaban J connectivity index is 1.59. The highest BCUT2D eigenvalue weighted by Crippen LogP contribution is 2.36. The highest BCUT2D eigenvalue weighted by atomic mass is 16.6. The standard InChI is InChI=1S/C13H13N3O4/c17-16(18)7-1-3-12-9(5-7)14-13(20-12)15-10-6-8-2-4-11(10)19-8/h1,3,5,8,10-11H,2,4,6H2,(H,14,15). The smallest absolute Gasteiger partial charge is 0.296 e. The number of nitrogens with one attached hydrogen (secondary N) is 1. The van der Waals surface area contributed by atoms with E-state index >= 15 is 0 Å². The summed E-state index contributed by atoms with van der Waals surface area (Å²) in [5.41, 5.74) is 1.05. The highest BCUT2D eigenvalue weighted by molar-refractivity contribution is 5.77. The summed E-state index contributed by atoms with van der Waals surface area (Å²) in [7, 11) is 0. The van der Waals surface area contributed by atoms with Gasteiger partial charge in [0.05, 0.1) is 23.2 Å². The second kappa shape index (κ2) is 4.17. The fourth-order valence-electron chi connectivity index (χ4n) is 3.04. The van der Waals surface area contributed by atoms with Crippen LogP contribution in [0.3, 0.4) is 0 Å². The Labute approximate surface area is 114 Å². The fraction of sp³-hybridized carbons (Fsp3) is 0.462. The lowest BCUT2D eigenvalue weighted by Gasteiger charge is -2.18. The molecule has 7 nitrogen and oxygen atoms in total. The van der Waals surface area contributed by atoms with Gasteiger partial charge in [0, 0.05) is 12.1 Å². The average molecular weight is 275 g/mol. The molecule has 0 amide bonds. The summed E-state index contributed by atoms with van der Waals surface area (Å²) in [5, 5.41) is 14.0. The number of non-ortho nitro benzene ring substituents is 1. The van der Waals surface area contributed by atoms with E-state index < -0.39 is 4.92 Å². The molecule has 2 aliphatic rings. The molecule has 3 unspecified atom stereocenters. The summed E-state index contributed by atoms with van der Waals surface area (Å²) in [6, 6.07) is 5.03. The molecular weight excluding hydrogens is 262 g/mol. The molecule has 0 saturated carbocycles. The van der Waals surface area contributed by atoms with Crippen molar-refractivity contribution in [1.82, 2.24) is 4.98 Å². The molecule has 2 aromatic rings. The minimum Gasteiger partial charge on any atom is -0.424 e. The van der Waals surface area contributed by atoms with Crippen molar-refractivity contribution in [3.05, 3.63) is 28.3 Å². The quantitative estimate of drug-likeness (QED) is 0.683. The monoisotopic (exact) mass is 275 g/mol. The Morgan fingerprint density at radius 3 is 3.00 bits per heavy atom. The van der Waals surface area contributed by atoms with Crippen LogP contribution in [0, 0.1) is 10.1 Å². The minimum atomic E-state index is -0.439. The second-order valence-electron chi connectivity index (χ2n) is 5.29. The number of hydrogen-bond acceptors (Lipinski definition) is 6. The lowest BCUT2D eigenvalue weighted by Crippen LogP contribution is -2.30. The SMILES string of the molecule is O=[N+]([O-])c1ccc2oc(NC3CC4CCC3O4)nc2c1. The number of hydrogen-bond donors (Lipinski definition) is 1. The van der Waals surface area contributed by atoms with Crippen molar-refractivity contribution in [3.8, 4) is 0 Å². The first-order chi connectivity index (χ1) is 9.69. The van der Waals surface area contributed by atoms with E-state index in [4.69, 9.17) is 9.15 Å². The third-order valence-electron chi connectivity index (χ3n) is 4.00. The Morgan fingerprint density at radius 2 is 2.30 bits per heavy atom. The van der Waals surface area contributed by atoms with Gasteiger partial charge in [-0.1, -0.05) is 0 Å². The zero-order valence-corrected chi connectivity index (χ0v) is 10.6. The van der Waals surface area contributed by atoms with Crippen LogP contribution in [-0.2, 0) is 4.74 Å². The van der Waals surface area contributed by atoms with E-state index in [0.29, 0.717) is 23.2 Å². The summed E-state index contributed by atoms with van der Waals surface area (Å²) in [6.07, 6.45) is 3.73. The molecule has 2 fully saturated rings. The number of ether oxygens (including phenoxy) is 1. The molecule has 0 radical (unpaired) electrons. The zero-order chi connectivity index (χ0) is 13.7. The van der Waals surface area contributed by atoms with E-state index in [1.54, 1.807) is 6.07 Å². The van der Waals surface area contributed by atoms with Gasteiger partial charge in [-0.3, -0.25) is 10.1 Å². The summed E-state index contributed by atoms with van der Waals surface area (Å²) in [5.74, 6) is 0. The molecule has 3 heterocycles. The number of anilines is 1. The zero-order valence-electron chi connectivity index (χ0n) is 10.6. The number of nitrogens with zero attached hydrogens (tertiary/aromatic N) is 2. The van der Waals surface area contributed by atoms with Gasteiger partial charge in [0.1, 0.15) is 5.52 Å². The van der Waals surface area contributed by atoms with Crippen molar-refractivity contribution >= 4 is 22.8 Å². The van der Waals surface area contributed by atoms with Crippen molar-refractivity contribution in [3.63, 3.8) is 0 Å². The predicted molar refractivity (Wildman–Crippen MR) is 70.6 cm³/mol. The third kappa shape index (κ3) is 1.82. The maximum Gasteiger partial charge on any atom is 0.296 e. The average Bonchev–Trinajstić information content (AvgIpc) is 3.11. The fourth-order valence-corrected chi connectivity index (χ4v) is 3.04. The largest absolute Gasteiger partial charge is 0.424 e. The Hall–Kier alpha value is -2.15. The van der Waals surface area contributed by atoms with Crippen LogP contribution in [0.15, 0.2) is 22.6 Å². The molecule has 2 bridgehead atoms. The lowest BCUT2D eigenvalue weighted by atomic mass is 9.96. The normalized spacial score (nSPS) is 28.1. The first kappa shape index (κ1) is 11.7. The van der Waals surface area contributed by atoms with Gasteiger partial charge in [0.25, 0.3) is 11.7 Å². The van der Waals surface area contributed by atoms with Crippen LogP contribution in [0.5, 0.6) is 0 Å². The molecule has 2 aliphatic heterocycles. The molecule has 0 aliphatic carbocycles. The summed E-state index contributed by atoms with van der Waals surface area (Å²) in [6.45, 7) is 0. The van der Waals surface area contributed by atoms with Crippen LogP contribution in [0.4, 0.5) is 11.7 Å². The van der Waals surface area contributed by atoms with Crippen LogP contribution < -0.4 is 5.32 Å². The van der Waals surface area contributed by atoms with Crippen molar-refractivity contribution in [2.45, 2.75) is 37.5 Å². The molecule has 7 heteroatoms. The topological polar surface area (TPSA) is 90.4 Å². The molecule has 3 atom stereocenters. The van der Waals surface area contributed by atoms with Gasteiger partial charge in [-0.2, -0.15) is 4.98 Å². The number of oxazole rings is 1. The van der Waals surface area contributed by atoms with Crippen LogP contribution in [0.2, 0.25) is 0 Å². The van der Waals surface area contributed by atoms with Gasteiger partial charge < -0.3 is 14.5 Å². The summed E-state index contributed by atoms with van der Waals surface area (Å²) in [4.78, 5) is 14.6. The Bertz CT molecular complexity index is 683.